The van der Waals surface area contributed by atoms with Gasteiger partial charge in [0.1, 0.15) is 11.5 Å². The summed E-state index contributed by atoms with van der Waals surface area (Å²) in [7, 11) is 3.16. The normalized spacial score (nSPS) is 15.1. The summed E-state index contributed by atoms with van der Waals surface area (Å²) in [4.78, 5) is 14.8. The molecule has 1 aromatic carbocycles. The highest BCUT2D eigenvalue weighted by Crippen LogP contribution is 2.22. The maximum Gasteiger partial charge on any atom is 0.251 e. The average Bonchev–Trinajstić information content (AvgIpc) is 2.64. The molecule has 0 saturated carbocycles. The number of hydrogen-bond donors (Lipinski definition) is 1. The van der Waals surface area contributed by atoms with Crippen LogP contribution < -0.4 is 14.8 Å². The maximum absolute atomic E-state index is 12.2. The molecular formula is C19H30N2O3. The molecular weight excluding hydrogens is 304 g/mol. The van der Waals surface area contributed by atoms with Crippen molar-refractivity contribution in [2.75, 3.05) is 40.4 Å². The van der Waals surface area contributed by atoms with Crippen LogP contribution in [0.15, 0.2) is 18.2 Å². The number of nitrogens with zero attached hydrogens (tertiary/aromatic N) is 1. The Morgan fingerprint density at radius 1 is 1.00 bits per heavy atom. The van der Waals surface area contributed by atoms with E-state index in [1.54, 1.807) is 32.4 Å². The van der Waals surface area contributed by atoms with Crippen LogP contribution in [0.1, 0.15) is 48.9 Å². The molecule has 0 radical (unpaired) electrons. The topological polar surface area (TPSA) is 50.8 Å². The Morgan fingerprint density at radius 2 is 1.67 bits per heavy atom. The number of benzene rings is 1. The van der Waals surface area contributed by atoms with Gasteiger partial charge >= 0.3 is 0 Å². The molecule has 1 heterocycles. The number of piperidine rings is 1. The summed E-state index contributed by atoms with van der Waals surface area (Å²) in [5.41, 5.74) is 0.569. The Hall–Kier alpha value is -1.75. The number of unbranched alkanes of at least 4 members (excludes halogenated alkanes) is 2. The minimum absolute atomic E-state index is 0.0803. The molecule has 0 aromatic heterocycles. The first kappa shape index (κ1) is 18.6. The monoisotopic (exact) mass is 334 g/mol. The molecule has 2 rings (SSSR count). The van der Waals surface area contributed by atoms with Crippen LogP contribution in [0.3, 0.4) is 0 Å². The van der Waals surface area contributed by atoms with E-state index in [1.165, 1.54) is 45.3 Å². The number of rotatable bonds is 9. The lowest BCUT2D eigenvalue weighted by molar-refractivity contribution is 0.0952. The van der Waals surface area contributed by atoms with E-state index in [0.29, 0.717) is 23.6 Å². The number of hydrogen-bond acceptors (Lipinski definition) is 4. The molecule has 0 bridgehead atoms. The van der Waals surface area contributed by atoms with Crippen molar-refractivity contribution in [1.29, 1.82) is 0 Å². The van der Waals surface area contributed by atoms with Crippen molar-refractivity contribution in [3.8, 4) is 11.5 Å². The summed E-state index contributed by atoms with van der Waals surface area (Å²) < 4.78 is 10.4. The fraction of sp³-hybridized carbons (Fsp3) is 0.632. The van der Waals surface area contributed by atoms with Crippen molar-refractivity contribution in [2.24, 2.45) is 0 Å². The molecule has 1 aliphatic heterocycles. The second kappa shape index (κ2) is 10.2. The van der Waals surface area contributed by atoms with Gasteiger partial charge in [-0.1, -0.05) is 12.8 Å². The molecule has 1 N–H and O–H groups in total. The highest BCUT2D eigenvalue weighted by atomic mass is 16.5. The predicted molar refractivity (Wildman–Crippen MR) is 96.0 cm³/mol. The van der Waals surface area contributed by atoms with Crippen molar-refractivity contribution in [2.45, 2.75) is 38.5 Å². The minimum atomic E-state index is -0.0803. The van der Waals surface area contributed by atoms with Gasteiger partial charge in [0.2, 0.25) is 0 Å². The predicted octanol–water partition coefficient (Wildman–Crippen LogP) is 3.09. The van der Waals surface area contributed by atoms with Gasteiger partial charge in [-0.25, -0.2) is 0 Å². The number of nitrogens with one attached hydrogen (secondary N) is 1. The SMILES string of the molecule is COc1cc(OC)cc(C(=O)NCCCCCN2CCCCC2)c1. The van der Waals surface area contributed by atoms with Crippen LogP contribution in [0.4, 0.5) is 0 Å². The molecule has 0 unspecified atom stereocenters. The first-order valence-electron chi connectivity index (χ1n) is 8.96. The van der Waals surface area contributed by atoms with Crippen molar-refractivity contribution in [1.82, 2.24) is 10.2 Å². The van der Waals surface area contributed by atoms with Gasteiger partial charge < -0.3 is 19.7 Å². The minimum Gasteiger partial charge on any atom is -0.497 e. The second-order valence-electron chi connectivity index (χ2n) is 6.32. The highest BCUT2D eigenvalue weighted by molar-refractivity contribution is 5.95. The van der Waals surface area contributed by atoms with Crippen LogP contribution >= 0.6 is 0 Å². The van der Waals surface area contributed by atoms with Crippen LogP contribution in [0.2, 0.25) is 0 Å². The Balaban J connectivity index is 1.65. The lowest BCUT2D eigenvalue weighted by atomic mass is 10.1. The van der Waals surface area contributed by atoms with Crippen LogP contribution in [0.25, 0.3) is 0 Å². The van der Waals surface area contributed by atoms with Crippen LogP contribution in [-0.4, -0.2) is 51.2 Å². The summed E-state index contributed by atoms with van der Waals surface area (Å²) in [5, 5.41) is 2.98. The van der Waals surface area contributed by atoms with Gasteiger partial charge in [-0.2, -0.15) is 0 Å². The molecule has 1 aromatic rings. The van der Waals surface area contributed by atoms with Gasteiger partial charge in [0, 0.05) is 18.2 Å². The lowest BCUT2D eigenvalue weighted by Gasteiger charge is -2.26. The molecule has 24 heavy (non-hydrogen) atoms. The summed E-state index contributed by atoms with van der Waals surface area (Å²) >= 11 is 0. The van der Waals surface area contributed by atoms with Crippen molar-refractivity contribution < 1.29 is 14.3 Å². The third kappa shape index (κ3) is 6.04. The molecule has 1 saturated heterocycles. The fourth-order valence-corrected chi connectivity index (χ4v) is 3.06. The van der Waals surface area contributed by atoms with Gasteiger partial charge in [0.05, 0.1) is 14.2 Å². The third-order valence-electron chi connectivity index (χ3n) is 4.50. The second-order valence-corrected chi connectivity index (χ2v) is 6.32. The molecule has 0 aliphatic carbocycles. The van der Waals surface area contributed by atoms with E-state index >= 15 is 0 Å². The summed E-state index contributed by atoms with van der Waals surface area (Å²) in [6.07, 6.45) is 7.46. The molecule has 0 spiro atoms. The zero-order chi connectivity index (χ0) is 17.2. The van der Waals surface area contributed by atoms with Gasteiger partial charge in [-0.3, -0.25) is 4.79 Å². The van der Waals surface area contributed by atoms with E-state index in [1.807, 2.05) is 0 Å². The Bertz CT molecular complexity index is 491. The largest absolute Gasteiger partial charge is 0.497 e. The summed E-state index contributed by atoms with van der Waals surface area (Å²) in [5.74, 6) is 1.17. The molecule has 0 atom stereocenters. The van der Waals surface area contributed by atoms with Gasteiger partial charge in [0.25, 0.3) is 5.91 Å². The Morgan fingerprint density at radius 3 is 2.29 bits per heavy atom. The Labute approximate surface area is 145 Å². The van der Waals surface area contributed by atoms with E-state index in [2.05, 4.69) is 10.2 Å². The zero-order valence-corrected chi connectivity index (χ0v) is 15.0. The quantitative estimate of drug-likeness (QED) is 0.705. The van der Waals surface area contributed by atoms with E-state index in [-0.39, 0.29) is 5.91 Å². The van der Waals surface area contributed by atoms with Crippen molar-refractivity contribution >= 4 is 5.91 Å². The lowest BCUT2D eigenvalue weighted by Crippen LogP contribution is -2.30. The van der Waals surface area contributed by atoms with Gasteiger partial charge in [0.15, 0.2) is 0 Å². The molecule has 1 amide bonds. The number of carbonyl (C=O) groups is 1. The van der Waals surface area contributed by atoms with Crippen molar-refractivity contribution in [3.05, 3.63) is 23.8 Å². The number of amides is 1. The standard InChI is InChI=1S/C19H30N2O3/c1-23-17-13-16(14-18(15-17)24-2)19(22)20-9-5-3-6-10-21-11-7-4-8-12-21/h13-15H,3-12H2,1-2H3,(H,20,22). The third-order valence-corrected chi connectivity index (χ3v) is 4.50. The molecule has 5 heteroatoms. The van der Waals surface area contributed by atoms with E-state index in [4.69, 9.17) is 9.47 Å². The smallest absolute Gasteiger partial charge is 0.251 e. The number of methoxy groups -OCH3 is 2. The number of ether oxygens (including phenoxy) is 2. The Kier molecular flexibility index (Phi) is 7.89. The van der Waals surface area contributed by atoms with Gasteiger partial charge in [-0.05, 0) is 57.5 Å². The molecule has 5 nitrogen and oxygen atoms in total. The highest BCUT2D eigenvalue weighted by Gasteiger charge is 2.10. The maximum atomic E-state index is 12.2. The van der Waals surface area contributed by atoms with Crippen LogP contribution in [0, 0.1) is 0 Å². The van der Waals surface area contributed by atoms with Crippen LogP contribution in [0.5, 0.6) is 11.5 Å². The van der Waals surface area contributed by atoms with Crippen LogP contribution in [-0.2, 0) is 0 Å². The summed E-state index contributed by atoms with van der Waals surface area (Å²) in [6, 6.07) is 5.22. The molecule has 1 aliphatic rings. The number of likely N-dealkylation sites (tertiary alicyclic amines) is 1. The fourth-order valence-electron chi connectivity index (χ4n) is 3.06. The van der Waals surface area contributed by atoms with E-state index < -0.39 is 0 Å². The zero-order valence-electron chi connectivity index (χ0n) is 15.0. The average molecular weight is 334 g/mol. The molecule has 1 fully saturated rings. The molecule has 134 valence electrons. The summed E-state index contributed by atoms with van der Waals surface area (Å²) in [6.45, 7) is 4.42. The first-order valence-corrected chi connectivity index (χ1v) is 8.96. The number of carbonyl (C=O) groups excluding carboxylic acids is 1. The first-order chi connectivity index (χ1) is 11.7. The van der Waals surface area contributed by atoms with E-state index in [9.17, 15) is 4.79 Å². The van der Waals surface area contributed by atoms with Gasteiger partial charge in [-0.15, -0.1) is 0 Å². The van der Waals surface area contributed by atoms with Crippen molar-refractivity contribution in [3.63, 3.8) is 0 Å². The van der Waals surface area contributed by atoms with E-state index in [0.717, 1.165) is 12.8 Å².